The molecule has 0 saturated carbocycles. The number of rotatable bonds is 4. The van der Waals surface area contributed by atoms with Gasteiger partial charge >= 0.3 is 0 Å². The summed E-state index contributed by atoms with van der Waals surface area (Å²) in [6.07, 6.45) is 3.12. The largest absolute Gasteiger partial charge is 0.288 e. The molecule has 1 heterocycles. The van der Waals surface area contributed by atoms with Crippen molar-refractivity contribution in [3.05, 3.63) is 65.5 Å². The monoisotopic (exact) mass is 242 g/mol. The Morgan fingerprint density at radius 3 is 2.61 bits per heavy atom. The van der Waals surface area contributed by atoms with Gasteiger partial charge in [0.15, 0.2) is 0 Å². The Bertz CT molecular complexity index is 526. The number of carbonyl (C=O) groups excluding carboxylic acids is 1. The second-order valence-corrected chi connectivity index (χ2v) is 3.92. The van der Waals surface area contributed by atoms with E-state index in [0.717, 1.165) is 6.42 Å². The molecule has 2 aromatic rings. The van der Waals surface area contributed by atoms with E-state index in [-0.39, 0.29) is 0 Å². The SMILES string of the molecule is O=C(NO)c1cccnc1CCc1ccccc1. The summed E-state index contributed by atoms with van der Waals surface area (Å²) in [6, 6.07) is 13.3. The van der Waals surface area contributed by atoms with Crippen molar-refractivity contribution in [3.8, 4) is 0 Å². The van der Waals surface area contributed by atoms with Gasteiger partial charge in [-0.3, -0.25) is 15.0 Å². The second kappa shape index (κ2) is 5.93. The van der Waals surface area contributed by atoms with Crippen molar-refractivity contribution in [3.63, 3.8) is 0 Å². The van der Waals surface area contributed by atoms with Gasteiger partial charge in [0.1, 0.15) is 0 Å². The minimum atomic E-state index is -0.522. The predicted molar refractivity (Wildman–Crippen MR) is 67.3 cm³/mol. The quantitative estimate of drug-likeness (QED) is 0.636. The zero-order valence-electron chi connectivity index (χ0n) is 9.84. The molecule has 4 heteroatoms. The number of pyridine rings is 1. The molecule has 0 spiro atoms. The molecule has 0 atom stereocenters. The fraction of sp³-hybridized carbons (Fsp3) is 0.143. The Morgan fingerprint density at radius 1 is 1.11 bits per heavy atom. The van der Waals surface area contributed by atoms with Crippen molar-refractivity contribution < 1.29 is 10.0 Å². The molecule has 1 aromatic heterocycles. The van der Waals surface area contributed by atoms with Crippen LogP contribution in [0.3, 0.4) is 0 Å². The van der Waals surface area contributed by atoms with Gasteiger partial charge in [-0.15, -0.1) is 0 Å². The van der Waals surface area contributed by atoms with Crippen LogP contribution < -0.4 is 5.48 Å². The average molecular weight is 242 g/mol. The van der Waals surface area contributed by atoms with Gasteiger partial charge in [0.25, 0.3) is 5.91 Å². The smallest absolute Gasteiger partial charge is 0.276 e. The van der Waals surface area contributed by atoms with Crippen molar-refractivity contribution in [2.45, 2.75) is 12.8 Å². The first kappa shape index (κ1) is 12.3. The molecule has 0 radical (unpaired) electrons. The summed E-state index contributed by atoms with van der Waals surface area (Å²) in [5.74, 6) is -0.522. The van der Waals surface area contributed by atoms with Crippen LogP contribution in [0, 0.1) is 0 Å². The Morgan fingerprint density at radius 2 is 1.89 bits per heavy atom. The maximum atomic E-state index is 11.4. The summed E-state index contributed by atoms with van der Waals surface area (Å²) >= 11 is 0. The van der Waals surface area contributed by atoms with Crippen molar-refractivity contribution in [1.82, 2.24) is 10.5 Å². The normalized spacial score (nSPS) is 10.1. The average Bonchev–Trinajstić information content (AvgIpc) is 2.45. The van der Waals surface area contributed by atoms with Crippen LogP contribution in [-0.2, 0) is 12.8 Å². The standard InChI is InChI=1S/C14H14N2O2/c17-14(16-18)12-7-4-10-15-13(12)9-8-11-5-2-1-3-6-11/h1-7,10,18H,8-9H2,(H,16,17). The molecule has 1 aromatic carbocycles. The van der Waals surface area contributed by atoms with Crippen LogP contribution in [0.2, 0.25) is 0 Å². The molecule has 4 nitrogen and oxygen atoms in total. The lowest BCUT2D eigenvalue weighted by molar-refractivity contribution is 0.0704. The van der Waals surface area contributed by atoms with Gasteiger partial charge in [0, 0.05) is 6.20 Å². The number of amides is 1. The van der Waals surface area contributed by atoms with Crippen molar-refractivity contribution in [2.75, 3.05) is 0 Å². The molecule has 0 fully saturated rings. The Labute approximate surface area is 105 Å². The first-order chi connectivity index (χ1) is 8.81. The van der Waals surface area contributed by atoms with Gasteiger partial charge in [0.05, 0.1) is 11.3 Å². The van der Waals surface area contributed by atoms with Gasteiger partial charge in [0.2, 0.25) is 0 Å². The number of nitrogens with one attached hydrogen (secondary N) is 1. The molecule has 0 aliphatic heterocycles. The van der Waals surface area contributed by atoms with Crippen LogP contribution in [0.15, 0.2) is 48.7 Å². The van der Waals surface area contributed by atoms with E-state index in [9.17, 15) is 4.79 Å². The predicted octanol–water partition coefficient (Wildman–Crippen LogP) is 1.99. The minimum Gasteiger partial charge on any atom is -0.288 e. The van der Waals surface area contributed by atoms with Crippen LogP contribution in [0.5, 0.6) is 0 Å². The fourth-order valence-electron chi connectivity index (χ4n) is 1.81. The maximum absolute atomic E-state index is 11.4. The van der Waals surface area contributed by atoms with Crippen LogP contribution in [0.25, 0.3) is 0 Å². The first-order valence-corrected chi connectivity index (χ1v) is 5.73. The molecule has 0 unspecified atom stereocenters. The summed E-state index contributed by atoms with van der Waals surface area (Å²) in [7, 11) is 0. The number of hydrogen-bond donors (Lipinski definition) is 2. The second-order valence-electron chi connectivity index (χ2n) is 3.92. The Balaban J connectivity index is 2.12. The van der Waals surface area contributed by atoms with E-state index in [1.165, 1.54) is 5.56 Å². The zero-order valence-corrected chi connectivity index (χ0v) is 9.84. The molecule has 92 valence electrons. The van der Waals surface area contributed by atoms with Crippen LogP contribution in [-0.4, -0.2) is 16.1 Å². The lowest BCUT2D eigenvalue weighted by Crippen LogP contribution is -2.21. The lowest BCUT2D eigenvalue weighted by Gasteiger charge is -2.06. The molecule has 2 N–H and O–H groups in total. The van der Waals surface area contributed by atoms with Crippen LogP contribution >= 0.6 is 0 Å². The molecule has 0 aliphatic carbocycles. The number of benzene rings is 1. The number of aryl methyl sites for hydroxylation is 2. The molecule has 0 aliphatic rings. The summed E-state index contributed by atoms with van der Waals surface area (Å²) in [6.45, 7) is 0. The third-order valence-corrected chi connectivity index (χ3v) is 2.73. The summed E-state index contributed by atoms with van der Waals surface area (Å²) in [5, 5.41) is 8.67. The molecular weight excluding hydrogens is 228 g/mol. The minimum absolute atomic E-state index is 0.413. The van der Waals surface area contributed by atoms with Gasteiger partial charge in [-0.05, 0) is 30.5 Å². The fourth-order valence-corrected chi connectivity index (χ4v) is 1.81. The zero-order chi connectivity index (χ0) is 12.8. The van der Waals surface area contributed by atoms with E-state index in [0.29, 0.717) is 17.7 Å². The highest BCUT2D eigenvalue weighted by Crippen LogP contribution is 2.10. The van der Waals surface area contributed by atoms with E-state index in [4.69, 9.17) is 5.21 Å². The van der Waals surface area contributed by atoms with Crippen molar-refractivity contribution in [2.24, 2.45) is 0 Å². The number of hydroxylamine groups is 1. The first-order valence-electron chi connectivity index (χ1n) is 5.73. The van der Waals surface area contributed by atoms with Gasteiger partial charge < -0.3 is 0 Å². The third-order valence-electron chi connectivity index (χ3n) is 2.73. The van der Waals surface area contributed by atoms with Crippen LogP contribution in [0.4, 0.5) is 0 Å². The Kier molecular flexibility index (Phi) is 4.04. The number of nitrogens with zero attached hydrogens (tertiary/aromatic N) is 1. The highest BCUT2D eigenvalue weighted by atomic mass is 16.5. The summed E-state index contributed by atoms with van der Waals surface area (Å²) in [4.78, 5) is 15.6. The van der Waals surface area contributed by atoms with E-state index in [1.54, 1.807) is 23.8 Å². The van der Waals surface area contributed by atoms with Crippen molar-refractivity contribution >= 4 is 5.91 Å². The van der Waals surface area contributed by atoms with E-state index in [1.807, 2.05) is 30.3 Å². The lowest BCUT2D eigenvalue weighted by atomic mass is 10.0. The summed E-state index contributed by atoms with van der Waals surface area (Å²) in [5.41, 5.74) is 3.93. The highest BCUT2D eigenvalue weighted by Gasteiger charge is 2.10. The Hall–Kier alpha value is -2.20. The topological polar surface area (TPSA) is 62.2 Å². The maximum Gasteiger partial charge on any atom is 0.276 e. The molecule has 0 saturated heterocycles. The number of hydrogen-bond acceptors (Lipinski definition) is 3. The molecule has 0 bridgehead atoms. The molecule has 1 amide bonds. The van der Waals surface area contributed by atoms with Gasteiger partial charge in [-0.1, -0.05) is 30.3 Å². The van der Waals surface area contributed by atoms with Crippen LogP contribution in [0.1, 0.15) is 21.6 Å². The third kappa shape index (κ3) is 2.93. The molecule has 2 rings (SSSR count). The van der Waals surface area contributed by atoms with Gasteiger partial charge in [-0.2, -0.15) is 0 Å². The number of carbonyl (C=O) groups is 1. The van der Waals surface area contributed by atoms with Crippen molar-refractivity contribution in [1.29, 1.82) is 0 Å². The van der Waals surface area contributed by atoms with E-state index < -0.39 is 5.91 Å². The molecule has 18 heavy (non-hydrogen) atoms. The van der Waals surface area contributed by atoms with Gasteiger partial charge in [-0.25, -0.2) is 5.48 Å². The van der Waals surface area contributed by atoms with E-state index >= 15 is 0 Å². The summed E-state index contributed by atoms with van der Waals surface area (Å²) < 4.78 is 0. The molecular formula is C14H14N2O2. The highest BCUT2D eigenvalue weighted by molar-refractivity contribution is 5.94. The number of aromatic nitrogens is 1. The van der Waals surface area contributed by atoms with E-state index in [2.05, 4.69) is 4.98 Å².